The topological polar surface area (TPSA) is 89.7 Å². The monoisotopic (exact) mass is 286 g/mol. The van der Waals surface area contributed by atoms with Gasteiger partial charge in [-0.2, -0.15) is 4.31 Å². The molecule has 0 bridgehead atoms. The van der Waals surface area contributed by atoms with Gasteiger partial charge in [0.1, 0.15) is 0 Å². The third kappa shape index (κ3) is 3.05. The number of nitrogens with two attached hydrogens (primary N) is 1. The number of nitrogens with zero attached hydrogens (tertiary/aromatic N) is 1. The van der Waals surface area contributed by atoms with Crippen molar-refractivity contribution < 1.29 is 17.9 Å². The molecule has 0 amide bonds. The lowest BCUT2D eigenvalue weighted by atomic mass is 10.2. The van der Waals surface area contributed by atoms with Crippen LogP contribution in [0.2, 0.25) is 0 Å². The van der Waals surface area contributed by atoms with Crippen LogP contribution in [0, 0.1) is 0 Å². The molecule has 0 saturated heterocycles. The normalized spacial score (nSPS) is 11.6. The van der Waals surface area contributed by atoms with Gasteiger partial charge in [-0.25, -0.2) is 13.2 Å². The number of hydrogen-bond donors (Lipinski definition) is 1. The van der Waals surface area contributed by atoms with Gasteiger partial charge in [0.05, 0.1) is 17.6 Å². The second-order valence-electron chi connectivity index (χ2n) is 3.84. The zero-order chi connectivity index (χ0) is 14.6. The molecule has 7 heteroatoms. The standard InChI is InChI=1S/C12H18N2O4S/c1-4-14(5-2)19(16,17)11-8-9(13)6-7-10(11)12(15)18-3/h6-8H,4-5,13H2,1-3H3. The first-order valence-electron chi connectivity index (χ1n) is 5.86. The molecule has 0 aliphatic rings. The molecule has 0 aromatic heterocycles. The quantitative estimate of drug-likeness (QED) is 0.646. The molecule has 0 aliphatic carbocycles. The van der Waals surface area contributed by atoms with Crippen molar-refractivity contribution in [2.45, 2.75) is 18.7 Å². The minimum absolute atomic E-state index is 0.0106. The van der Waals surface area contributed by atoms with Crippen LogP contribution in [0.5, 0.6) is 0 Å². The molecule has 2 N–H and O–H groups in total. The number of ether oxygens (including phenoxy) is 1. The van der Waals surface area contributed by atoms with Gasteiger partial charge < -0.3 is 10.5 Å². The van der Waals surface area contributed by atoms with E-state index in [1.165, 1.54) is 29.6 Å². The van der Waals surface area contributed by atoms with Gasteiger partial charge in [0.25, 0.3) is 0 Å². The number of carbonyl (C=O) groups is 1. The Morgan fingerprint density at radius 1 is 1.32 bits per heavy atom. The Bertz CT molecular complexity index is 565. The summed E-state index contributed by atoms with van der Waals surface area (Å²) in [5.41, 5.74) is 5.88. The van der Waals surface area contributed by atoms with E-state index in [1.54, 1.807) is 13.8 Å². The molecule has 0 unspecified atom stereocenters. The highest BCUT2D eigenvalue weighted by Crippen LogP contribution is 2.23. The summed E-state index contributed by atoms with van der Waals surface area (Å²) in [6.45, 7) is 4.08. The van der Waals surface area contributed by atoms with Crippen LogP contribution in [0.4, 0.5) is 5.69 Å². The molecule has 1 aromatic carbocycles. The average molecular weight is 286 g/mol. The van der Waals surface area contributed by atoms with Crippen LogP contribution in [0.3, 0.4) is 0 Å². The second kappa shape index (κ2) is 6.03. The molecule has 106 valence electrons. The van der Waals surface area contributed by atoms with E-state index in [2.05, 4.69) is 4.74 Å². The summed E-state index contributed by atoms with van der Waals surface area (Å²) < 4.78 is 30.8. The van der Waals surface area contributed by atoms with Crippen molar-refractivity contribution in [3.05, 3.63) is 23.8 Å². The predicted octanol–water partition coefficient (Wildman–Crippen LogP) is 1.09. The van der Waals surface area contributed by atoms with E-state index in [-0.39, 0.29) is 16.1 Å². The largest absolute Gasteiger partial charge is 0.465 e. The summed E-state index contributed by atoms with van der Waals surface area (Å²) in [5, 5.41) is 0. The van der Waals surface area contributed by atoms with Crippen molar-refractivity contribution in [3.63, 3.8) is 0 Å². The van der Waals surface area contributed by atoms with Gasteiger partial charge in [-0.05, 0) is 18.2 Å². The van der Waals surface area contributed by atoms with Crippen LogP contribution in [0.1, 0.15) is 24.2 Å². The SMILES string of the molecule is CCN(CC)S(=O)(=O)c1cc(N)ccc1C(=O)OC. The van der Waals surface area contributed by atoms with Gasteiger partial charge in [-0.15, -0.1) is 0 Å². The fourth-order valence-corrected chi connectivity index (χ4v) is 3.41. The summed E-state index contributed by atoms with van der Waals surface area (Å²) in [6.07, 6.45) is 0. The van der Waals surface area contributed by atoms with E-state index < -0.39 is 16.0 Å². The average Bonchev–Trinajstić information content (AvgIpc) is 2.38. The van der Waals surface area contributed by atoms with E-state index in [1.807, 2.05) is 0 Å². The highest BCUT2D eigenvalue weighted by atomic mass is 32.2. The number of sulfonamides is 1. The smallest absolute Gasteiger partial charge is 0.339 e. The van der Waals surface area contributed by atoms with Crippen LogP contribution < -0.4 is 5.73 Å². The summed E-state index contributed by atoms with van der Waals surface area (Å²) in [6, 6.07) is 4.10. The summed E-state index contributed by atoms with van der Waals surface area (Å²) >= 11 is 0. The van der Waals surface area contributed by atoms with Crippen LogP contribution in [0.15, 0.2) is 23.1 Å². The Labute approximate surface area is 113 Å². The van der Waals surface area contributed by atoms with E-state index >= 15 is 0 Å². The van der Waals surface area contributed by atoms with Gasteiger partial charge in [0, 0.05) is 18.8 Å². The van der Waals surface area contributed by atoms with Gasteiger partial charge in [-0.1, -0.05) is 13.8 Å². The molecular weight excluding hydrogens is 268 g/mol. The van der Waals surface area contributed by atoms with Crippen molar-refractivity contribution in [1.82, 2.24) is 4.31 Å². The molecule has 0 spiro atoms. The van der Waals surface area contributed by atoms with E-state index in [9.17, 15) is 13.2 Å². The number of esters is 1. The molecule has 0 atom stereocenters. The lowest BCUT2D eigenvalue weighted by molar-refractivity contribution is 0.0596. The predicted molar refractivity (Wildman–Crippen MR) is 72.3 cm³/mol. The summed E-state index contributed by atoms with van der Waals surface area (Å²) in [7, 11) is -2.56. The molecule has 0 heterocycles. The maximum absolute atomic E-state index is 12.5. The number of rotatable bonds is 5. The zero-order valence-corrected chi connectivity index (χ0v) is 12.0. The third-order valence-corrected chi connectivity index (χ3v) is 4.82. The number of anilines is 1. The molecule has 6 nitrogen and oxygen atoms in total. The first-order chi connectivity index (χ1) is 8.88. The minimum atomic E-state index is -3.76. The van der Waals surface area contributed by atoms with Crippen molar-refractivity contribution >= 4 is 21.7 Å². The lowest BCUT2D eigenvalue weighted by Crippen LogP contribution is -2.32. The molecule has 0 radical (unpaired) electrons. The van der Waals surface area contributed by atoms with E-state index in [0.717, 1.165) is 0 Å². The van der Waals surface area contributed by atoms with Crippen molar-refractivity contribution in [2.75, 3.05) is 25.9 Å². The van der Waals surface area contributed by atoms with Crippen molar-refractivity contribution in [3.8, 4) is 0 Å². The Morgan fingerprint density at radius 3 is 2.37 bits per heavy atom. The molecular formula is C12H18N2O4S. The molecule has 0 saturated carbocycles. The number of benzene rings is 1. The lowest BCUT2D eigenvalue weighted by Gasteiger charge is -2.20. The van der Waals surface area contributed by atoms with Crippen molar-refractivity contribution in [2.24, 2.45) is 0 Å². The Kier molecular flexibility index (Phi) is 4.90. The highest BCUT2D eigenvalue weighted by molar-refractivity contribution is 7.89. The number of carbonyl (C=O) groups excluding carboxylic acids is 1. The fraction of sp³-hybridized carbons (Fsp3) is 0.417. The van der Waals surface area contributed by atoms with Crippen LogP contribution in [0.25, 0.3) is 0 Å². The minimum Gasteiger partial charge on any atom is -0.465 e. The molecule has 1 aromatic rings. The maximum atomic E-state index is 12.5. The zero-order valence-electron chi connectivity index (χ0n) is 11.2. The number of nitrogen functional groups attached to an aromatic ring is 1. The molecule has 19 heavy (non-hydrogen) atoms. The summed E-state index contributed by atoms with van der Waals surface area (Å²) in [4.78, 5) is 11.5. The van der Waals surface area contributed by atoms with Crippen LogP contribution in [-0.2, 0) is 14.8 Å². The first kappa shape index (κ1) is 15.5. The van der Waals surface area contributed by atoms with Gasteiger partial charge in [0.2, 0.25) is 10.0 Å². The van der Waals surface area contributed by atoms with Gasteiger partial charge in [0.15, 0.2) is 0 Å². The Morgan fingerprint density at radius 2 is 1.89 bits per heavy atom. The number of hydrogen-bond acceptors (Lipinski definition) is 5. The third-order valence-electron chi connectivity index (χ3n) is 2.73. The first-order valence-corrected chi connectivity index (χ1v) is 7.30. The van der Waals surface area contributed by atoms with Crippen LogP contribution in [-0.4, -0.2) is 38.9 Å². The van der Waals surface area contributed by atoms with Crippen molar-refractivity contribution in [1.29, 1.82) is 0 Å². The van der Waals surface area contributed by atoms with Gasteiger partial charge in [-0.3, -0.25) is 0 Å². The molecule has 0 fully saturated rings. The van der Waals surface area contributed by atoms with Crippen LogP contribution >= 0.6 is 0 Å². The maximum Gasteiger partial charge on any atom is 0.339 e. The Balaban J connectivity index is 3.48. The van der Waals surface area contributed by atoms with E-state index in [0.29, 0.717) is 13.1 Å². The van der Waals surface area contributed by atoms with E-state index in [4.69, 9.17) is 5.73 Å². The highest BCUT2D eigenvalue weighted by Gasteiger charge is 2.27. The number of methoxy groups -OCH3 is 1. The summed E-state index contributed by atoms with van der Waals surface area (Å²) in [5.74, 6) is -0.703. The van der Waals surface area contributed by atoms with Gasteiger partial charge >= 0.3 is 5.97 Å². The fourth-order valence-electron chi connectivity index (χ4n) is 1.73. The Hall–Kier alpha value is -1.60. The molecule has 0 aliphatic heterocycles. The second-order valence-corrected chi connectivity index (χ2v) is 5.74. The molecule has 1 rings (SSSR count).